The number of hydrogen-bond donors (Lipinski definition) is 2. The molecule has 1 aliphatic heterocycles. The topological polar surface area (TPSA) is 99.4 Å². The number of carboxylic acid groups (broad SMARTS) is 1. The zero-order valence-corrected chi connectivity index (χ0v) is 16.1. The molecule has 2 aromatic rings. The first-order chi connectivity index (χ1) is 13.4. The Morgan fingerprint density at radius 1 is 1.25 bits per heavy atom. The van der Waals surface area contributed by atoms with Crippen LogP contribution in [0.25, 0.3) is 6.08 Å². The average molecular weight is 398 g/mol. The second kappa shape index (κ2) is 8.18. The van der Waals surface area contributed by atoms with E-state index in [1.807, 2.05) is 6.92 Å². The lowest BCUT2D eigenvalue weighted by Crippen LogP contribution is -2.28. The average Bonchev–Trinajstić information content (AvgIpc) is 2.97. The lowest BCUT2D eigenvalue weighted by Gasteiger charge is -2.12. The summed E-state index contributed by atoms with van der Waals surface area (Å²) in [6.45, 7) is 2.31. The number of phenolic OH excluding ortho intramolecular Hbond substituents is 1. The minimum absolute atomic E-state index is 0.0253. The number of benzene rings is 2. The summed E-state index contributed by atoms with van der Waals surface area (Å²) in [5.41, 5.74) is 1.45. The van der Waals surface area contributed by atoms with Crippen LogP contribution in [0.3, 0.4) is 0 Å². The highest BCUT2D eigenvalue weighted by Gasteiger charge is 2.32. The summed E-state index contributed by atoms with van der Waals surface area (Å²) in [6, 6.07) is 11.0. The monoisotopic (exact) mass is 398 g/mol. The standard InChI is InChI=1S/C20H18N2O5S/c1-3-22-18(24)17(11-12-4-9-15(23)16(10-12)27-2)28-20(22)21-14-7-5-13(6-8-14)19(25)26/h4-11,23H,3H2,1-2H3,(H,25,26)/b17-11+,21-20?. The molecule has 0 bridgehead atoms. The van der Waals surface area contributed by atoms with Crippen LogP contribution in [-0.2, 0) is 4.79 Å². The van der Waals surface area contributed by atoms with Crippen molar-refractivity contribution in [2.24, 2.45) is 4.99 Å². The van der Waals surface area contributed by atoms with Gasteiger partial charge in [-0.1, -0.05) is 6.07 Å². The molecular weight excluding hydrogens is 380 g/mol. The number of aromatic hydroxyl groups is 1. The van der Waals surface area contributed by atoms with Crippen LogP contribution in [0.15, 0.2) is 52.4 Å². The van der Waals surface area contributed by atoms with Crippen LogP contribution in [0, 0.1) is 0 Å². The number of methoxy groups -OCH3 is 1. The van der Waals surface area contributed by atoms with E-state index < -0.39 is 5.97 Å². The third-order valence-corrected chi connectivity index (χ3v) is 5.05. The fraction of sp³-hybridized carbons (Fsp3) is 0.150. The van der Waals surface area contributed by atoms with Crippen LogP contribution in [0.4, 0.5) is 5.69 Å². The van der Waals surface area contributed by atoms with Crippen molar-refractivity contribution in [3.63, 3.8) is 0 Å². The maximum absolute atomic E-state index is 12.7. The van der Waals surface area contributed by atoms with E-state index in [0.717, 1.165) is 0 Å². The molecule has 7 nitrogen and oxygen atoms in total. The number of carbonyl (C=O) groups excluding carboxylic acids is 1. The van der Waals surface area contributed by atoms with Crippen LogP contribution < -0.4 is 4.74 Å². The molecule has 0 unspecified atom stereocenters. The summed E-state index contributed by atoms with van der Waals surface area (Å²) in [5, 5.41) is 19.2. The third kappa shape index (κ3) is 4.01. The molecule has 144 valence electrons. The first kappa shape index (κ1) is 19.5. The van der Waals surface area contributed by atoms with Crippen LogP contribution in [-0.4, -0.2) is 45.8 Å². The fourth-order valence-corrected chi connectivity index (χ4v) is 3.66. The Kier molecular flexibility index (Phi) is 5.70. The quantitative estimate of drug-likeness (QED) is 0.745. The van der Waals surface area contributed by atoms with E-state index in [1.165, 1.54) is 37.1 Å². The van der Waals surface area contributed by atoms with Gasteiger partial charge in [0.15, 0.2) is 16.7 Å². The predicted molar refractivity (Wildman–Crippen MR) is 108 cm³/mol. The number of likely N-dealkylation sites (N-methyl/N-ethyl adjacent to an activating group) is 1. The Bertz CT molecular complexity index is 983. The van der Waals surface area contributed by atoms with Crippen molar-refractivity contribution < 1.29 is 24.5 Å². The Balaban J connectivity index is 1.90. The Labute approximate surface area is 166 Å². The first-order valence-corrected chi connectivity index (χ1v) is 9.25. The molecule has 0 saturated carbocycles. The molecule has 1 amide bonds. The largest absolute Gasteiger partial charge is 0.504 e. The number of amides is 1. The van der Waals surface area contributed by atoms with E-state index in [-0.39, 0.29) is 17.2 Å². The van der Waals surface area contributed by atoms with Crippen molar-refractivity contribution in [1.29, 1.82) is 0 Å². The molecule has 0 aromatic heterocycles. The number of hydrogen-bond acceptors (Lipinski definition) is 6. The van der Waals surface area contributed by atoms with Crippen molar-refractivity contribution in [2.75, 3.05) is 13.7 Å². The zero-order valence-electron chi connectivity index (χ0n) is 15.2. The zero-order chi connectivity index (χ0) is 20.3. The second-order valence-corrected chi connectivity index (χ2v) is 6.85. The van der Waals surface area contributed by atoms with Gasteiger partial charge in [0.1, 0.15) is 0 Å². The summed E-state index contributed by atoms with van der Waals surface area (Å²) in [4.78, 5) is 30.2. The number of carboxylic acids is 1. The van der Waals surface area contributed by atoms with E-state index in [4.69, 9.17) is 9.84 Å². The van der Waals surface area contributed by atoms with E-state index >= 15 is 0 Å². The number of aliphatic imine (C=N–C) groups is 1. The van der Waals surface area contributed by atoms with E-state index in [2.05, 4.69) is 4.99 Å². The van der Waals surface area contributed by atoms with Gasteiger partial charge >= 0.3 is 5.97 Å². The summed E-state index contributed by atoms with van der Waals surface area (Å²) in [5.74, 6) is -0.823. The SMILES string of the molecule is CCN1C(=O)/C(=C\c2ccc(O)c(OC)c2)SC1=Nc1ccc(C(=O)O)cc1. The number of thioether (sulfide) groups is 1. The molecule has 1 aliphatic rings. The molecule has 0 atom stereocenters. The van der Waals surface area contributed by atoms with Gasteiger partial charge in [-0.25, -0.2) is 9.79 Å². The normalized spacial score (nSPS) is 16.8. The van der Waals surface area contributed by atoms with Gasteiger partial charge in [0.05, 0.1) is 23.3 Å². The van der Waals surface area contributed by atoms with Crippen LogP contribution in [0.1, 0.15) is 22.8 Å². The molecular formula is C20H18N2O5S. The highest BCUT2D eigenvalue weighted by atomic mass is 32.2. The minimum Gasteiger partial charge on any atom is -0.504 e. The van der Waals surface area contributed by atoms with Gasteiger partial charge in [-0.2, -0.15) is 0 Å². The van der Waals surface area contributed by atoms with Crippen molar-refractivity contribution >= 4 is 40.6 Å². The molecule has 0 radical (unpaired) electrons. The summed E-state index contributed by atoms with van der Waals surface area (Å²) >= 11 is 1.24. The molecule has 8 heteroatoms. The number of carbonyl (C=O) groups is 2. The maximum atomic E-state index is 12.7. The van der Waals surface area contributed by atoms with Gasteiger partial charge in [0.25, 0.3) is 5.91 Å². The fourth-order valence-electron chi connectivity index (χ4n) is 2.59. The van der Waals surface area contributed by atoms with Crippen molar-refractivity contribution in [3.8, 4) is 11.5 Å². The van der Waals surface area contributed by atoms with Gasteiger partial charge in [-0.3, -0.25) is 9.69 Å². The number of amidine groups is 1. The van der Waals surface area contributed by atoms with E-state index in [0.29, 0.717) is 33.6 Å². The predicted octanol–water partition coefficient (Wildman–Crippen LogP) is 3.72. The summed E-state index contributed by atoms with van der Waals surface area (Å²) in [7, 11) is 1.46. The third-order valence-electron chi connectivity index (χ3n) is 4.04. The van der Waals surface area contributed by atoms with Crippen molar-refractivity contribution in [3.05, 3.63) is 58.5 Å². The van der Waals surface area contributed by atoms with Crippen LogP contribution in [0.2, 0.25) is 0 Å². The van der Waals surface area contributed by atoms with E-state index in [1.54, 1.807) is 35.2 Å². The molecule has 2 aromatic carbocycles. The first-order valence-electron chi connectivity index (χ1n) is 8.43. The smallest absolute Gasteiger partial charge is 0.335 e. The number of ether oxygens (including phenoxy) is 1. The van der Waals surface area contributed by atoms with Crippen molar-refractivity contribution in [2.45, 2.75) is 6.92 Å². The number of aromatic carboxylic acids is 1. The molecule has 2 N–H and O–H groups in total. The molecule has 28 heavy (non-hydrogen) atoms. The summed E-state index contributed by atoms with van der Waals surface area (Å²) < 4.78 is 5.10. The van der Waals surface area contributed by atoms with Crippen LogP contribution in [0.5, 0.6) is 11.5 Å². The second-order valence-electron chi connectivity index (χ2n) is 5.84. The molecule has 0 aliphatic carbocycles. The van der Waals surface area contributed by atoms with Gasteiger partial charge in [0.2, 0.25) is 0 Å². The number of rotatable bonds is 5. The minimum atomic E-state index is -1.01. The van der Waals surface area contributed by atoms with E-state index in [9.17, 15) is 14.7 Å². The summed E-state index contributed by atoms with van der Waals surface area (Å²) in [6.07, 6.45) is 1.72. The number of phenols is 1. The highest BCUT2D eigenvalue weighted by molar-refractivity contribution is 8.18. The van der Waals surface area contributed by atoms with Crippen molar-refractivity contribution in [1.82, 2.24) is 4.90 Å². The molecule has 0 spiro atoms. The molecule has 1 fully saturated rings. The Morgan fingerprint density at radius 3 is 2.57 bits per heavy atom. The molecule has 3 rings (SSSR count). The lowest BCUT2D eigenvalue weighted by molar-refractivity contribution is -0.122. The highest BCUT2D eigenvalue weighted by Crippen LogP contribution is 2.35. The molecule has 1 saturated heterocycles. The lowest BCUT2D eigenvalue weighted by atomic mass is 10.2. The Hall–Kier alpha value is -3.26. The Morgan fingerprint density at radius 2 is 1.96 bits per heavy atom. The number of nitrogens with zero attached hydrogens (tertiary/aromatic N) is 2. The van der Waals surface area contributed by atoms with Crippen LogP contribution >= 0.6 is 11.8 Å². The van der Waals surface area contributed by atoms with Gasteiger partial charge < -0.3 is 14.9 Å². The van der Waals surface area contributed by atoms with Gasteiger partial charge in [-0.15, -0.1) is 0 Å². The maximum Gasteiger partial charge on any atom is 0.335 e. The van der Waals surface area contributed by atoms with Gasteiger partial charge in [-0.05, 0) is 66.7 Å². The molecule has 1 heterocycles. The van der Waals surface area contributed by atoms with Gasteiger partial charge in [0, 0.05) is 6.54 Å².